The van der Waals surface area contributed by atoms with Gasteiger partial charge in [-0.3, -0.25) is 5.10 Å². The maximum Gasteiger partial charge on any atom is 0.167 e. The molecule has 18 heavy (non-hydrogen) atoms. The largest absolute Gasteiger partial charge is 0.361 e. The highest BCUT2D eigenvalue weighted by Gasteiger charge is 2.14. The maximum absolute atomic E-state index is 6.13. The van der Waals surface area contributed by atoms with Crippen molar-refractivity contribution in [2.24, 2.45) is 5.73 Å². The van der Waals surface area contributed by atoms with Gasteiger partial charge in [0.25, 0.3) is 0 Å². The molecule has 4 N–H and O–H groups in total. The van der Waals surface area contributed by atoms with E-state index in [2.05, 4.69) is 32.3 Å². The lowest BCUT2D eigenvalue weighted by Gasteiger charge is -2.06. The summed E-state index contributed by atoms with van der Waals surface area (Å²) in [6.07, 6.45) is 2.73. The van der Waals surface area contributed by atoms with Crippen molar-refractivity contribution in [1.82, 2.24) is 20.2 Å². The summed E-state index contributed by atoms with van der Waals surface area (Å²) < 4.78 is 0. The topological polar surface area (TPSA) is 83.4 Å². The molecule has 1 aromatic carbocycles. The molecule has 0 aliphatic rings. The number of fused-ring (bicyclic) bond motifs is 1. The Hall–Kier alpha value is -2.14. The average molecular weight is 241 g/mol. The summed E-state index contributed by atoms with van der Waals surface area (Å²) in [5.41, 5.74) is 8.46. The minimum absolute atomic E-state index is 0.186. The number of aromatic amines is 2. The highest BCUT2D eigenvalue weighted by atomic mass is 15.2. The van der Waals surface area contributed by atoms with Crippen LogP contribution in [0.15, 0.2) is 30.5 Å². The van der Waals surface area contributed by atoms with Gasteiger partial charge in [-0.05, 0) is 25.0 Å². The molecule has 0 spiro atoms. The number of H-pyrrole nitrogens is 2. The van der Waals surface area contributed by atoms with Crippen molar-refractivity contribution in [1.29, 1.82) is 0 Å². The summed E-state index contributed by atoms with van der Waals surface area (Å²) in [5.74, 6) is 1.46. The van der Waals surface area contributed by atoms with Crippen molar-refractivity contribution >= 4 is 10.9 Å². The number of para-hydroxylation sites is 1. The highest BCUT2D eigenvalue weighted by molar-refractivity contribution is 5.83. The van der Waals surface area contributed by atoms with Gasteiger partial charge in [-0.15, -0.1) is 0 Å². The van der Waals surface area contributed by atoms with Gasteiger partial charge in [-0.25, -0.2) is 4.98 Å². The Kier molecular flexibility index (Phi) is 2.60. The third-order valence-electron chi connectivity index (χ3n) is 3.06. The summed E-state index contributed by atoms with van der Waals surface area (Å²) in [6, 6.07) is 8.01. The van der Waals surface area contributed by atoms with Gasteiger partial charge in [0.05, 0.1) is 6.04 Å². The Morgan fingerprint density at radius 3 is 2.94 bits per heavy atom. The molecule has 5 heteroatoms. The summed E-state index contributed by atoms with van der Waals surface area (Å²) >= 11 is 0. The lowest BCUT2D eigenvalue weighted by atomic mass is 10.1. The second kappa shape index (κ2) is 4.27. The number of nitrogens with one attached hydrogen (secondary N) is 2. The van der Waals surface area contributed by atoms with E-state index in [1.165, 1.54) is 10.9 Å². The lowest BCUT2D eigenvalue weighted by Crippen LogP contribution is -2.15. The van der Waals surface area contributed by atoms with Crippen molar-refractivity contribution in [2.45, 2.75) is 19.4 Å². The molecule has 0 saturated carbocycles. The van der Waals surface area contributed by atoms with Crippen LogP contribution < -0.4 is 5.73 Å². The van der Waals surface area contributed by atoms with E-state index < -0.39 is 0 Å². The van der Waals surface area contributed by atoms with Crippen LogP contribution in [-0.4, -0.2) is 20.2 Å². The molecule has 1 atom stereocenters. The smallest absolute Gasteiger partial charge is 0.167 e. The molecule has 0 amide bonds. The summed E-state index contributed by atoms with van der Waals surface area (Å²) in [4.78, 5) is 7.52. The van der Waals surface area contributed by atoms with Gasteiger partial charge in [-0.1, -0.05) is 18.2 Å². The van der Waals surface area contributed by atoms with Crippen LogP contribution >= 0.6 is 0 Å². The summed E-state index contributed by atoms with van der Waals surface area (Å²) in [7, 11) is 0. The van der Waals surface area contributed by atoms with E-state index in [0.29, 0.717) is 5.82 Å². The minimum Gasteiger partial charge on any atom is -0.361 e. The Bertz CT molecular complexity index is 667. The van der Waals surface area contributed by atoms with Gasteiger partial charge >= 0.3 is 0 Å². The van der Waals surface area contributed by atoms with Crippen LogP contribution in [0.2, 0.25) is 0 Å². The third-order valence-corrected chi connectivity index (χ3v) is 3.06. The predicted octanol–water partition coefficient (Wildman–Crippen LogP) is 1.84. The molecular formula is C13H15N5. The van der Waals surface area contributed by atoms with E-state index in [-0.39, 0.29) is 6.04 Å². The summed E-state index contributed by atoms with van der Waals surface area (Å²) in [5, 5.41) is 8.13. The molecule has 3 rings (SSSR count). The molecule has 0 aliphatic carbocycles. The number of hydrogen-bond donors (Lipinski definition) is 3. The molecule has 0 radical (unpaired) electrons. The number of hydrogen-bond acceptors (Lipinski definition) is 3. The Morgan fingerprint density at radius 2 is 2.17 bits per heavy atom. The normalized spacial score (nSPS) is 13.0. The molecule has 0 unspecified atom stereocenters. The van der Waals surface area contributed by atoms with E-state index >= 15 is 0 Å². The standard InChI is InChI=1S/C13H15N5/c1-8-16-13(18-17-8)11(14)6-9-7-15-12-5-3-2-4-10(9)12/h2-5,7,11,15H,6,14H2,1H3,(H,16,17,18)/t11-/m1/s1. The number of aryl methyl sites for hydroxylation is 1. The van der Waals surface area contributed by atoms with Gasteiger partial charge in [-0.2, -0.15) is 5.10 Å². The number of nitrogens with zero attached hydrogens (tertiary/aromatic N) is 2. The van der Waals surface area contributed by atoms with Gasteiger partial charge in [0.2, 0.25) is 0 Å². The number of nitrogens with two attached hydrogens (primary N) is 1. The van der Waals surface area contributed by atoms with Crippen LogP contribution in [0.3, 0.4) is 0 Å². The van der Waals surface area contributed by atoms with Gasteiger partial charge in [0.1, 0.15) is 5.82 Å². The summed E-state index contributed by atoms with van der Waals surface area (Å²) in [6.45, 7) is 1.87. The fraction of sp³-hybridized carbons (Fsp3) is 0.231. The molecule has 3 aromatic rings. The van der Waals surface area contributed by atoms with E-state index in [1.807, 2.05) is 25.3 Å². The van der Waals surface area contributed by atoms with Crippen molar-refractivity contribution in [3.63, 3.8) is 0 Å². The Labute approximate surface area is 104 Å². The minimum atomic E-state index is -0.186. The molecule has 5 nitrogen and oxygen atoms in total. The van der Waals surface area contributed by atoms with Gasteiger partial charge in [0, 0.05) is 17.1 Å². The maximum atomic E-state index is 6.13. The van der Waals surface area contributed by atoms with Crippen LogP contribution in [0.4, 0.5) is 0 Å². The second-order valence-corrected chi connectivity index (χ2v) is 4.45. The van der Waals surface area contributed by atoms with Crippen molar-refractivity contribution in [3.05, 3.63) is 47.7 Å². The van der Waals surface area contributed by atoms with Crippen LogP contribution in [-0.2, 0) is 6.42 Å². The van der Waals surface area contributed by atoms with Crippen molar-refractivity contribution in [2.75, 3.05) is 0 Å². The van der Waals surface area contributed by atoms with E-state index in [4.69, 9.17) is 5.73 Å². The van der Waals surface area contributed by atoms with Crippen LogP contribution in [0.25, 0.3) is 10.9 Å². The van der Waals surface area contributed by atoms with Crippen LogP contribution in [0, 0.1) is 6.92 Å². The highest BCUT2D eigenvalue weighted by Crippen LogP contribution is 2.21. The van der Waals surface area contributed by atoms with Crippen LogP contribution in [0.5, 0.6) is 0 Å². The first-order valence-electron chi connectivity index (χ1n) is 5.93. The second-order valence-electron chi connectivity index (χ2n) is 4.45. The first-order valence-corrected chi connectivity index (χ1v) is 5.93. The third kappa shape index (κ3) is 1.89. The fourth-order valence-electron chi connectivity index (χ4n) is 2.15. The molecule has 2 heterocycles. The monoisotopic (exact) mass is 241 g/mol. The quantitative estimate of drug-likeness (QED) is 0.654. The molecule has 0 saturated heterocycles. The molecule has 0 bridgehead atoms. The average Bonchev–Trinajstić information content (AvgIpc) is 2.97. The zero-order chi connectivity index (χ0) is 12.5. The molecule has 0 aliphatic heterocycles. The molecule has 92 valence electrons. The van der Waals surface area contributed by atoms with E-state index in [9.17, 15) is 0 Å². The lowest BCUT2D eigenvalue weighted by molar-refractivity contribution is 0.673. The van der Waals surface area contributed by atoms with Crippen LogP contribution in [0.1, 0.15) is 23.3 Å². The van der Waals surface area contributed by atoms with Crippen molar-refractivity contribution in [3.8, 4) is 0 Å². The van der Waals surface area contributed by atoms with Crippen molar-refractivity contribution < 1.29 is 0 Å². The Morgan fingerprint density at radius 1 is 1.33 bits per heavy atom. The Balaban J connectivity index is 1.88. The fourth-order valence-corrected chi connectivity index (χ4v) is 2.15. The zero-order valence-electron chi connectivity index (χ0n) is 10.1. The number of benzene rings is 1. The SMILES string of the molecule is Cc1nc([C@H](N)Cc2c[nH]c3ccccc23)n[nH]1. The molecular weight excluding hydrogens is 226 g/mol. The first-order chi connectivity index (χ1) is 8.74. The zero-order valence-corrected chi connectivity index (χ0v) is 10.1. The van der Waals surface area contributed by atoms with E-state index in [1.54, 1.807) is 0 Å². The van der Waals surface area contributed by atoms with E-state index in [0.717, 1.165) is 17.8 Å². The molecule has 2 aromatic heterocycles. The van der Waals surface area contributed by atoms with Gasteiger partial charge in [0.15, 0.2) is 5.82 Å². The number of aromatic nitrogens is 4. The number of rotatable bonds is 3. The molecule has 0 fully saturated rings. The predicted molar refractivity (Wildman–Crippen MR) is 70.1 cm³/mol. The van der Waals surface area contributed by atoms with Gasteiger partial charge < -0.3 is 10.7 Å². The first kappa shape index (κ1) is 11.0.